The molecule has 0 radical (unpaired) electrons. The Labute approximate surface area is 149 Å². The minimum absolute atomic E-state index is 0.0227. The summed E-state index contributed by atoms with van der Waals surface area (Å²) in [5.41, 5.74) is 2.92. The van der Waals surface area contributed by atoms with Crippen molar-refractivity contribution in [3.05, 3.63) is 75.5 Å². The molecule has 2 heterocycles. The molecule has 0 saturated heterocycles. The first-order valence-corrected chi connectivity index (χ1v) is 8.28. The zero-order chi connectivity index (χ0) is 18.3. The van der Waals surface area contributed by atoms with Gasteiger partial charge in [0.2, 0.25) is 0 Å². The first-order chi connectivity index (χ1) is 12.6. The predicted molar refractivity (Wildman–Crippen MR) is 96.2 cm³/mol. The number of carbonyl (C=O) groups is 1. The van der Waals surface area contributed by atoms with Gasteiger partial charge in [-0.05, 0) is 23.8 Å². The number of ether oxygens (including phenoxy) is 1. The number of amides is 1. The minimum Gasteiger partial charge on any atom is -0.367 e. The second-order valence-electron chi connectivity index (χ2n) is 6.29. The molecule has 3 aromatic rings. The van der Waals surface area contributed by atoms with Gasteiger partial charge in [-0.2, -0.15) is 0 Å². The van der Waals surface area contributed by atoms with Gasteiger partial charge in [-0.15, -0.1) is 0 Å². The number of non-ortho nitro benzene ring substituents is 1. The van der Waals surface area contributed by atoms with Crippen molar-refractivity contribution in [2.24, 2.45) is 0 Å². The first kappa shape index (κ1) is 16.3. The van der Waals surface area contributed by atoms with Gasteiger partial charge in [-0.3, -0.25) is 14.9 Å². The van der Waals surface area contributed by atoms with Crippen LogP contribution >= 0.6 is 0 Å². The van der Waals surface area contributed by atoms with Crippen LogP contribution in [0.25, 0.3) is 10.9 Å². The lowest BCUT2D eigenvalue weighted by Crippen LogP contribution is -2.34. The molecule has 0 bridgehead atoms. The number of aromatic amines is 1. The highest BCUT2D eigenvalue weighted by atomic mass is 16.6. The number of nitro groups is 1. The minimum atomic E-state index is -0.473. The van der Waals surface area contributed by atoms with E-state index in [4.69, 9.17) is 4.74 Å². The van der Waals surface area contributed by atoms with Crippen molar-refractivity contribution in [1.29, 1.82) is 0 Å². The van der Waals surface area contributed by atoms with Crippen LogP contribution in [0.5, 0.6) is 0 Å². The molecule has 1 amide bonds. The second kappa shape index (κ2) is 6.27. The fourth-order valence-corrected chi connectivity index (χ4v) is 3.32. The van der Waals surface area contributed by atoms with E-state index < -0.39 is 11.0 Å². The Morgan fingerprint density at radius 1 is 1.19 bits per heavy atom. The lowest BCUT2D eigenvalue weighted by Gasteiger charge is -2.26. The third-order valence-electron chi connectivity index (χ3n) is 4.69. The molecule has 0 aliphatic carbocycles. The van der Waals surface area contributed by atoms with E-state index >= 15 is 0 Å². The van der Waals surface area contributed by atoms with Crippen molar-refractivity contribution < 1.29 is 14.5 Å². The Morgan fingerprint density at radius 3 is 2.65 bits per heavy atom. The summed E-state index contributed by atoms with van der Waals surface area (Å²) >= 11 is 0. The standard InChI is InChI=1S/C19H17N3O4/c1-21-10-11-26-18(12-6-8-13(9-7-12)22(24)25)16-14-4-2-3-5-15(14)20-17(16)19(21)23/h2-9,18,20H,10-11H2,1H3. The highest BCUT2D eigenvalue weighted by molar-refractivity contribution is 6.01. The smallest absolute Gasteiger partial charge is 0.270 e. The summed E-state index contributed by atoms with van der Waals surface area (Å²) in [4.78, 5) is 28.2. The molecular formula is C19H17N3O4. The molecule has 1 N–H and O–H groups in total. The molecule has 0 saturated carbocycles. The number of nitrogens with one attached hydrogen (secondary N) is 1. The number of rotatable bonds is 2. The summed E-state index contributed by atoms with van der Waals surface area (Å²) < 4.78 is 6.10. The Balaban J connectivity index is 1.90. The third kappa shape index (κ3) is 2.62. The summed E-state index contributed by atoms with van der Waals surface area (Å²) in [6, 6.07) is 14.0. The average Bonchev–Trinajstić information content (AvgIpc) is 3.02. The molecule has 1 aliphatic rings. The van der Waals surface area contributed by atoms with E-state index in [1.54, 1.807) is 24.1 Å². The fraction of sp³-hybridized carbons (Fsp3) is 0.211. The number of likely N-dealkylation sites (N-methyl/N-ethyl adjacent to an activating group) is 1. The molecule has 1 aliphatic heterocycles. The highest BCUT2D eigenvalue weighted by Gasteiger charge is 2.30. The van der Waals surface area contributed by atoms with E-state index in [1.165, 1.54) is 12.1 Å². The zero-order valence-electron chi connectivity index (χ0n) is 14.1. The number of benzene rings is 2. The topological polar surface area (TPSA) is 88.5 Å². The van der Waals surface area contributed by atoms with Gasteiger partial charge < -0.3 is 14.6 Å². The van der Waals surface area contributed by atoms with Crippen molar-refractivity contribution in [2.45, 2.75) is 6.10 Å². The monoisotopic (exact) mass is 351 g/mol. The summed E-state index contributed by atoms with van der Waals surface area (Å²) in [5, 5.41) is 11.8. The lowest BCUT2D eigenvalue weighted by atomic mass is 9.97. The number of nitro benzene ring substituents is 1. The molecular weight excluding hydrogens is 334 g/mol. The lowest BCUT2D eigenvalue weighted by molar-refractivity contribution is -0.384. The number of aromatic nitrogens is 1. The Kier molecular flexibility index (Phi) is 3.93. The number of para-hydroxylation sites is 1. The van der Waals surface area contributed by atoms with Gasteiger partial charge in [0.1, 0.15) is 11.8 Å². The van der Waals surface area contributed by atoms with Crippen molar-refractivity contribution in [3.8, 4) is 0 Å². The highest BCUT2D eigenvalue weighted by Crippen LogP contribution is 2.36. The van der Waals surface area contributed by atoms with E-state index in [2.05, 4.69) is 4.98 Å². The van der Waals surface area contributed by atoms with Crippen molar-refractivity contribution in [3.63, 3.8) is 0 Å². The molecule has 7 nitrogen and oxygen atoms in total. The van der Waals surface area contributed by atoms with E-state index in [9.17, 15) is 14.9 Å². The maximum atomic E-state index is 12.8. The van der Waals surface area contributed by atoms with Crippen LogP contribution in [0.4, 0.5) is 5.69 Å². The Hall–Kier alpha value is -3.19. The van der Waals surface area contributed by atoms with Crippen LogP contribution < -0.4 is 0 Å². The summed E-state index contributed by atoms with van der Waals surface area (Å²) in [5.74, 6) is -0.0913. The second-order valence-corrected chi connectivity index (χ2v) is 6.29. The molecule has 0 fully saturated rings. The molecule has 2 aromatic carbocycles. The zero-order valence-corrected chi connectivity index (χ0v) is 14.1. The van der Waals surface area contributed by atoms with Crippen LogP contribution in [0.15, 0.2) is 48.5 Å². The molecule has 1 aromatic heterocycles. The summed E-state index contributed by atoms with van der Waals surface area (Å²) in [6.45, 7) is 0.847. The van der Waals surface area contributed by atoms with Crippen LogP contribution in [0.2, 0.25) is 0 Å². The van der Waals surface area contributed by atoms with Gasteiger partial charge in [0.05, 0.1) is 11.5 Å². The number of nitrogens with zero attached hydrogens (tertiary/aromatic N) is 2. The first-order valence-electron chi connectivity index (χ1n) is 8.28. The van der Waals surface area contributed by atoms with Crippen molar-refractivity contribution >= 4 is 22.5 Å². The van der Waals surface area contributed by atoms with Gasteiger partial charge in [0, 0.05) is 42.2 Å². The molecule has 0 spiro atoms. The summed E-state index contributed by atoms with van der Waals surface area (Å²) in [7, 11) is 1.74. The molecule has 7 heteroatoms. The number of carbonyl (C=O) groups excluding carboxylic acids is 1. The molecule has 132 valence electrons. The van der Waals surface area contributed by atoms with Crippen LogP contribution in [-0.4, -0.2) is 40.9 Å². The fourth-order valence-electron chi connectivity index (χ4n) is 3.32. The largest absolute Gasteiger partial charge is 0.367 e. The number of fused-ring (bicyclic) bond motifs is 3. The van der Waals surface area contributed by atoms with Crippen molar-refractivity contribution in [1.82, 2.24) is 9.88 Å². The average molecular weight is 351 g/mol. The normalized spacial score (nSPS) is 17.7. The van der Waals surface area contributed by atoms with Gasteiger partial charge in [0.15, 0.2) is 0 Å². The van der Waals surface area contributed by atoms with E-state index in [-0.39, 0.29) is 11.6 Å². The maximum absolute atomic E-state index is 12.8. The number of hydrogen-bond donors (Lipinski definition) is 1. The molecule has 26 heavy (non-hydrogen) atoms. The SMILES string of the molecule is CN1CCOC(c2ccc([N+](=O)[O-])cc2)c2c([nH]c3ccccc23)C1=O. The molecule has 4 rings (SSSR count). The van der Waals surface area contributed by atoms with Crippen LogP contribution in [-0.2, 0) is 4.74 Å². The quantitative estimate of drug-likeness (QED) is 0.567. The van der Waals surface area contributed by atoms with E-state index in [1.807, 2.05) is 24.3 Å². The third-order valence-corrected chi connectivity index (χ3v) is 4.69. The van der Waals surface area contributed by atoms with E-state index in [0.29, 0.717) is 18.8 Å². The Bertz CT molecular complexity index is 994. The van der Waals surface area contributed by atoms with Crippen LogP contribution in [0, 0.1) is 10.1 Å². The van der Waals surface area contributed by atoms with Crippen molar-refractivity contribution in [2.75, 3.05) is 20.2 Å². The maximum Gasteiger partial charge on any atom is 0.270 e. The van der Waals surface area contributed by atoms with Crippen LogP contribution in [0.3, 0.4) is 0 Å². The van der Waals surface area contributed by atoms with E-state index in [0.717, 1.165) is 22.0 Å². The predicted octanol–water partition coefficient (Wildman–Crippen LogP) is 3.27. The number of hydrogen-bond acceptors (Lipinski definition) is 4. The summed E-state index contributed by atoms with van der Waals surface area (Å²) in [6.07, 6.45) is -0.473. The Morgan fingerprint density at radius 2 is 1.92 bits per heavy atom. The van der Waals surface area contributed by atoms with Crippen LogP contribution in [0.1, 0.15) is 27.7 Å². The molecule has 1 atom stereocenters. The van der Waals surface area contributed by atoms with Gasteiger partial charge in [-0.1, -0.05) is 18.2 Å². The number of H-pyrrole nitrogens is 1. The van der Waals surface area contributed by atoms with Gasteiger partial charge in [-0.25, -0.2) is 0 Å². The molecule has 1 unspecified atom stereocenters. The van der Waals surface area contributed by atoms with Gasteiger partial charge >= 0.3 is 0 Å². The van der Waals surface area contributed by atoms with Gasteiger partial charge in [0.25, 0.3) is 11.6 Å².